The molecular weight excluding hydrogens is 1630 g/mol. The fourth-order valence-electron chi connectivity index (χ4n) is 22.4. The molecule has 26 rings (SSSR count). The molecule has 0 N–H and O–H groups in total. The van der Waals surface area contributed by atoms with E-state index < -0.39 is 10.8 Å². The van der Waals surface area contributed by atoms with E-state index in [0.717, 1.165) is 28.0 Å². The molecule has 4 aliphatic carbocycles. The molecule has 0 saturated carbocycles. The van der Waals surface area contributed by atoms with E-state index in [1.54, 1.807) is 0 Å². The summed E-state index contributed by atoms with van der Waals surface area (Å²) in [6.45, 7) is 0. The SMILES string of the molecule is Brc1ccc2c(c1)C(c1ccccc1)(c1ccccc1)c1cc3c4c(cccc4c1-2)-c1c-3c(-c2ccccc2)c2ccccc2c1-c1ccccc1.[BH4-].c1ccc(-c2c3c(c(-c4ccccc4)c4ccccc24)-c2cc4c(c5cccc-3c25)-c2ccc(N(c3ccccc3)c3ccccc3)cc2C4(c2ccccc2)c2ccccc2)cc1.c1ccc(Cc2ccccc2)cc1. The van der Waals surface area contributed by atoms with Gasteiger partial charge in [0, 0.05) is 21.5 Å². The zero-order valence-electron chi connectivity index (χ0n) is 70.9. The van der Waals surface area contributed by atoms with Crippen LogP contribution in [0.3, 0.4) is 0 Å². The van der Waals surface area contributed by atoms with Crippen LogP contribution in [0.2, 0.25) is 0 Å². The minimum Gasteiger partial charge on any atom is -0.310 e. The van der Waals surface area contributed by atoms with Crippen LogP contribution < -0.4 is 4.90 Å². The highest BCUT2D eigenvalue weighted by molar-refractivity contribution is 9.10. The van der Waals surface area contributed by atoms with E-state index in [1.807, 2.05) is 0 Å². The van der Waals surface area contributed by atoms with Crippen LogP contribution >= 0.6 is 15.9 Å². The molecule has 22 aromatic carbocycles. The fourth-order valence-corrected chi connectivity index (χ4v) is 22.8. The smallest absolute Gasteiger partial charge is 0.0714 e. The average molecular weight is 1720 g/mol. The van der Waals surface area contributed by atoms with Gasteiger partial charge in [-0.1, -0.05) is 461 Å². The largest absolute Gasteiger partial charge is 0.310 e. The Morgan fingerprint density at radius 1 is 0.185 bits per heavy atom. The van der Waals surface area contributed by atoms with Crippen LogP contribution in [0.1, 0.15) is 55.6 Å². The van der Waals surface area contributed by atoms with Crippen molar-refractivity contribution in [2.75, 3.05) is 4.90 Å². The van der Waals surface area contributed by atoms with Crippen molar-refractivity contribution < 1.29 is 0 Å². The zero-order chi connectivity index (χ0) is 85.5. The molecule has 130 heavy (non-hydrogen) atoms. The molecule has 0 bridgehead atoms. The second kappa shape index (κ2) is 32.9. The summed E-state index contributed by atoms with van der Waals surface area (Å²) in [6, 6.07) is 183. The van der Waals surface area contributed by atoms with E-state index in [9.17, 15) is 0 Å². The van der Waals surface area contributed by atoms with Crippen molar-refractivity contribution in [2.24, 2.45) is 0 Å². The molecule has 0 amide bonds. The third kappa shape index (κ3) is 12.6. The van der Waals surface area contributed by atoms with Gasteiger partial charge in [-0.05, 0) is 277 Å². The second-order valence-corrected chi connectivity index (χ2v) is 35.2. The maximum absolute atomic E-state index is 3.90. The minimum absolute atomic E-state index is 0. The van der Waals surface area contributed by atoms with Gasteiger partial charge in [0.25, 0.3) is 0 Å². The van der Waals surface area contributed by atoms with Crippen molar-refractivity contribution in [3.05, 3.63) is 558 Å². The van der Waals surface area contributed by atoms with E-state index >= 15 is 0 Å². The number of rotatable bonds is 13. The Kier molecular flexibility index (Phi) is 20.0. The molecule has 0 unspecified atom stereocenters. The van der Waals surface area contributed by atoms with E-state index in [1.165, 1.54) is 210 Å². The third-order valence-electron chi connectivity index (χ3n) is 27.4. The molecule has 0 saturated heterocycles. The first-order chi connectivity index (χ1) is 64.0. The molecule has 0 spiro atoms. The lowest BCUT2D eigenvalue weighted by Crippen LogP contribution is -2.29. The van der Waals surface area contributed by atoms with E-state index in [0.29, 0.717) is 0 Å². The summed E-state index contributed by atoms with van der Waals surface area (Å²) in [6.07, 6.45) is 1.03. The molecule has 22 aromatic rings. The number of benzene rings is 22. The summed E-state index contributed by atoms with van der Waals surface area (Å²) in [7, 11) is 0. The molecule has 0 aliphatic heterocycles. The molecule has 0 fully saturated rings. The topological polar surface area (TPSA) is 3.24 Å². The Hall–Kier alpha value is -15.8. The van der Waals surface area contributed by atoms with Crippen molar-refractivity contribution in [2.45, 2.75) is 17.3 Å². The number of hydrogen-bond donors (Lipinski definition) is 0. The minimum atomic E-state index is -0.641. The summed E-state index contributed by atoms with van der Waals surface area (Å²) < 4.78 is 1.09. The Morgan fingerprint density at radius 2 is 0.454 bits per heavy atom. The number of para-hydroxylation sites is 2. The van der Waals surface area contributed by atoms with Crippen molar-refractivity contribution >= 4 is 84.5 Å². The average Bonchev–Trinajstić information content (AvgIpc) is 1.51. The Balaban J connectivity index is 0.000000131. The normalized spacial score (nSPS) is 12.6. The van der Waals surface area contributed by atoms with Crippen LogP contribution in [-0.4, -0.2) is 8.41 Å². The van der Waals surface area contributed by atoms with Crippen LogP contribution in [-0.2, 0) is 17.3 Å². The summed E-state index contributed by atoms with van der Waals surface area (Å²) in [5, 5.41) is 10.3. The Morgan fingerprint density at radius 3 is 0.785 bits per heavy atom. The highest BCUT2D eigenvalue weighted by Gasteiger charge is 2.51. The monoisotopic (exact) mass is 1720 g/mol. The molecule has 0 atom stereocenters. The molecular formula is C127H88BBrN-. The van der Waals surface area contributed by atoms with E-state index in [2.05, 4.69) is 518 Å². The van der Waals surface area contributed by atoms with Crippen LogP contribution in [0.15, 0.2) is 502 Å². The Bertz CT molecular complexity index is 7910. The highest BCUT2D eigenvalue weighted by Crippen LogP contribution is 2.68. The van der Waals surface area contributed by atoms with Gasteiger partial charge in [-0.25, -0.2) is 0 Å². The summed E-state index contributed by atoms with van der Waals surface area (Å²) in [5.74, 6) is 0. The molecule has 3 heteroatoms. The van der Waals surface area contributed by atoms with Crippen molar-refractivity contribution in [1.29, 1.82) is 0 Å². The van der Waals surface area contributed by atoms with Gasteiger partial charge in [0.15, 0.2) is 0 Å². The zero-order valence-corrected chi connectivity index (χ0v) is 72.5. The van der Waals surface area contributed by atoms with Crippen LogP contribution in [0.4, 0.5) is 17.1 Å². The molecule has 1 nitrogen and oxygen atoms in total. The van der Waals surface area contributed by atoms with Gasteiger partial charge in [-0.15, -0.1) is 0 Å². The van der Waals surface area contributed by atoms with Gasteiger partial charge in [0.2, 0.25) is 0 Å². The van der Waals surface area contributed by atoms with Gasteiger partial charge >= 0.3 is 0 Å². The van der Waals surface area contributed by atoms with Gasteiger partial charge in [-0.2, -0.15) is 0 Å². The number of fused-ring (bicyclic) bond motifs is 16. The van der Waals surface area contributed by atoms with Crippen molar-refractivity contribution in [3.63, 3.8) is 0 Å². The van der Waals surface area contributed by atoms with E-state index in [-0.39, 0.29) is 8.41 Å². The van der Waals surface area contributed by atoms with Gasteiger partial charge in [-0.3, -0.25) is 0 Å². The predicted molar refractivity (Wildman–Crippen MR) is 558 cm³/mol. The first-order valence-corrected chi connectivity index (χ1v) is 45.6. The van der Waals surface area contributed by atoms with Crippen LogP contribution in [0, 0.1) is 0 Å². The van der Waals surface area contributed by atoms with Crippen LogP contribution in [0.5, 0.6) is 0 Å². The van der Waals surface area contributed by atoms with Crippen molar-refractivity contribution in [1.82, 2.24) is 0 Å². The molecule has 612 valence electrons. The summed E-state index contributed by atoms with van der Waals surface area (Å²) in [5.41, 5.74) is 41.0. The van der Waals surface area contributed by atoms with Gasteiger partial charge in [0.05, 0.1) is 10.8 Å². The van der Waals surface area contributed by atoms with Gasteiger partial charge < -0.3 is 4.90 Å². The van der Waals surface area contributed by atoms with Crippen molar-refractivity contribution in [3.8, 4) is 111 Å². The summed E-state index contributed by atoms with van der Waals surface area (Å²) >= 11 is 3.90. The first-order valence-electron chi connectivity index (χ1n) is 44.8. The fraction of sp³-hybridized carbons (Fsp3) is 0.0236. The lowest BCUT2D eigenvalue weighted by molar-refractivity contribution is 0.769. The van der Waals surface area contributed by atoms with Crippen LogP contribution in [0.25, 0.3) is 154 Å². The second-order valence-electron chi connectivity index (χ2n) is 34.2. The number of hydrogen-bond acceptors (Lipinski definition) is 1. The first kappa shape index (κ1) is 78.9. The summed E-state index contributed by atoms with van der Waals surface area (Å²) in [4.78, 5) is 2.40. The molecule has 4 aliphatic rings. The molecule has 0 radical (unpaired) electrons. The lowest BCUT2D eigenvalue weighted by atomic mass is 9.67. The lowest BCUT2D eigenvalue weighted by Gasteiger charge is -2.35. The molecule has 0 aromatic heterocycles. The van der Waals surface area contributed by atoms with Gasteiger partial charge in [0.1, 0.15) is 0 Å². The third-order valence-corrected chi connectivity index (χ3v) is 27.9. The highest BCUT2D eigenvalue weighted by atomic mass is 79.9. The standard InChI is InChI=1S/C63H41N.C51H31Br.C13H12.BH4/c1-7-22-42(23-8-1)57-49-34-19-20-35-50(49)58(43-24-9-2-10-25-43)62-54-41-56-60(52-36-21-37-53(59(52)54)61(57)62)51-39-38-48(64(46-30-15-5-16-31-46)47-32-17-6-18-33-47)40-55(51)63(56,44-26-11-3-12-27-44)45-28-13-4-14-29-45;52-36-28-29-39-43(30-36)51(34-20-9-3-10-21-34,35-22-11-4-12-23-35)44-31-42-47-40(48(39)44)26-15-27-41(47)49-45(32-16-5-1-6-17-32)37-24-13-14-25-38(37)46(50(42)49)33-18-7-2-8-19-33;1-3-7-12(8-4-1)11-13-9-5-2-6-10-13;/h1-41H;1-31H;1-10H,11H2;1H4/q;;;-1. The number of anilines is 3. The quantitative estimate of drug-likeness (QED) is 0.104. The molecule has 0 heterocycles. The number of nitrogens with zero attached hydrogens (tertiary/aromatic N) is 1. The predicted octanol–water partition coefficient (Wildman–Crippen LogP) is 32.7. The van der Waals surface area contributed by atoms with E-state index in [4.69, 9.17) is 0 Å². The maximum atomic E-state index is 3.90. The number of halogens is 1. The maximum Gasteiger partial charge on any atom is 0.0714 e. The Labute approximate surface area is 769 Å².